The molecular formula is C12H19NO2. The van der Waals surface area contributed by atoms with E-state index in [1.807, 2.05) is 6.92 Å². The second-order valence-electron chi connectivity index (χ2n) is 7.22. The van der Waals surface area contributed by atoms with Crippen molar-refractivity contribution in [1.82, 2.24) is 0 Å². The van der Waals surface area contributed by atoms with Crippen LogP contribution in [0.4, 0.5) is 0 Å². The normalized spacial score (nSPS) is 62.5. The van der Waals surface area contributed by atoms with Crippen molar-refractivity contribution in [3.63, 3.8) is 0 Å². The smallest absolute Gasteiger partial charge is 0.319 e. The van der Waals surface area contributed by atoms with Crippen molar-refractivity contribution in [2.24, 2.45) is 16.2 Å². The van der Waals surface area contributed by atoms with Crippen LogP contribution < -0.4 is 0 Å². The molecule has 0 aromatic rings. The molecule has 84 valence electrons. The lowest BCUT2D eigenvalue weighted by atomic mass is 9.48. The van der Waals surface area contributed by atoms with E-state index in [0.29, 0.717) is 13.1 Å². The summed E-state index contributed by atoms with van der Waals surface area (Å²) < 4.78 is -0.538. The van der Waals surface area contributed by atoms with Gasteiger partial charge in [-0.25, -0.2) is 4.79 Å². The highest BCUT2D eigenvalue weighted by Crippen LogP contribution is 2.64. The Morgan fingerprint density at radius 2 is 1.53 bits per heavy atom. The minimum Gasteiger partial charge on any atom is -0.625 e. The maximum Gasteiger partial charge on any atom is 0.319 e. The van der Waals surface area contributed by atoms with Crippen LogP contribution in [0.1, 0.15) is 40.0 Å². The first-order valence-electron chi connectivity index (χ1n) is 5.82. The standard InChI is InChI=1S/C12H19NO2/c1-10-4-11(2)6-12(3,5-10)9(14)13(15,7-10)8-11/h4-8H2,1-3H3/t10-,11+,12?,13?. The Morgan fingerprint density at radius 3 is 1.93 bits per heavy atom. The lowest BCUT2D eigenvalue weighted by Gasteiger charge is -2.68. The molecule has 0 spiro atoms. The van der Waals surface area contributed by atoms with Gasteiger partial charge in [-0.05, 0) is 26.2 Å². The molecule has 0 radical (unpaired) electrons. The van der Waals surface area contributed by atoms with Crippen LogP contribution in [0.3, 0.4) is 0 Å². The van der Waals surface area contributed by atoms with Crippen LogP contribution in [0.2, 0.25) is 0 Å². The van der Waals surface area contributed by atoms with Gasteiger partial charge in [0, 0.05) is 10.8 Å². The fourth-order valence-corrected chi connectivity index (χ4v) is 5.40. The van der Waals surface area contributed by atoms with Crippen LogP contribution >= 0.6 is 0 Å². The summed E-state index contributed by atoms with van der Waals surface area (Å²) in [5.74, 6) is -0.0443. The van der Waals surface area contributed by atoms with Gasteiger partial charge in [-0.1, -0.05) is 13.8 Å². The summed E-state index contributed by atoms with van der Waals surface area (Å²) in [7, 11) is 0. The Balaban J connectivity index is 2.16. The zero-order chi connectivity index (χ0) is 11.1. The molecule has 0 N–H and O–H groups in total. The molecule has 1 amide bonds. The van der Waals surface area contributed by atoms with Gasteiger partial charge in [0.25, 0.3) is 0 Å². The first-order valence-corrected chi connectivity index (χ1v) is 5.82. The van der Waals surface area contributed by atoms with Gasteiger partial charge in [0.15, 0.2) is 0 Å². The molecule has 4 fully saturated rings. The van der Waals surface area contributed by atoms with E-state index in [2.05, 4.69) is 13.8 Å². The number of hydrogen-bond acceptors (Lipinski definition) is 2. The molecule has 4 aliphatic rings. The second kappa shape index (κ2) is 2.16. The molecule has 3 heteroatoms. The average Bonchev–Trinajstić information content (AvgIpc) is 1.93. The fourth-order valence-electron chi connectivity index (χ4n) is 5.40. The quantitative estimate of drug-likeness (QED) is 0.452. The van der Waals surface area contributed by atoms with Crippen LogP contribution in [0.5, 0.6) is 0 Å². The van der Waals surface area contributed by atoms with Gasteiger partial charge in [-0.2, -0.15) is 0 Å². The summed E-state index contributed by atoms with van der Waals surface area (Å²) in [6.45, 7) is 7.44. The van der Waals surface area contributed by atoms with Crippen molar-refractivity contribution in [1.29, 1.82) is 0 Å². The number of piperidine rings is 3. The number of hydroxylamine groups is 3. The number of hydrogen-bond donors (Lipinski definition) is 0. The predicted molar refractivity (Wildman–Crippen MR) is 56.5 cm³/mol. The second-order valence-corrected chi connectivity index (χ2v) is 7.22. The Morgan fingerprint density at radius 1 is 1.07 bits per heavy atom. The van der Waals surface area contributed by atoms with Gasteiger partial charge in [-0.15, -0.1) is 0 Å². The van der Waals surface area contributed by atoms with E-state index < -0.39 is 4.65 Å². The fraction of sp³-hybridized carbons (Fsp3) is 0.917. The molecule has 3 nitrogen and oxygen atoms in total. The van der Waals surface area contributed by atoms with E-state index in [4.69, 9.17) is 0 Å². The van der Waals surface area contributed by atoms with Crippen molar-refractivity contribution in [2.75, 3.05) is 13.1 Å². The number of carbonyl (C=O) groups excluding carboxylic acids is 1. The highest BCUT2D eigenvalue weighted by molar-refractivity contribution is 5.78. The number of rotatable bonds is 0. The van der Waals surface area contributed by atoms with Gasteiger partial charge >= 0.3 is 5.91 Å². The van der Waals surface area contributed by atoms with E-state index in [1.54, 1.807) is 0 Å². The van der Waals surface area contributed by atoms with E-state index in [0.717, 1.165) is 19.3 Å². The van der Waals surface area contributed by atoms with Gasteiger partial charge in [0.05, 0.1) is 18.5 Å². The Hall–Kier alpha value is -0.410. The van der Waals surface area contributed by atoms with E-state index in [9.17, 15) is 10.0 Å². The molecule has 4 bridgehead atoms. The van der Waals surface area contributed by atoms with Crippen LogP contribution in [0.15, 0.2) is 0 Å². The largest absolute Gasteiger partial charge is 0.625 e. The molecule has 0 aromatic carbocycles. The van der Waals surface area contributed by atoms with Gasteiger partial charge in [-0.3, -0.25) is 4.65 Å². The molecular weight excluding hydrogens is 190 g/mol. The van der Waals surface area contributed by atoms with E-state index >= 15 is 0 Å². The topological polar surface area (TPSA) is 40.1 Å². The third-order valence-corrected chi connectivity index (χ3v) is 4.65. The van der Waals surface area contributed by atoms with Gasteiger partial charge in [0.1, 0.15) is 0 Å². The molecule has 3 aliphatic heterocycles. The van der Waals surface area contributed by atoms with Gasteiger partial charge in [0.2, 0.25) is 0 Å². The zero-order valence-corrected chi connectivity index (χ0v) is 9.80. The summed E-state index contributed by atoms with van der Waals surface area (Å²) in [6, 6.07) is 0. The summed E-state index contributed by atoms with van der Waals surface area (Å²) in [4.78, 5) is 12.2. The van der Waals surface area contributed by atoms with Gasteiger partial charge < -0.3 is 5.21 Å². The maximum atomic E-state index is 12.5. The predicted octanol–water partition coefficient (Wildman–Crippen LogP) is 2.06. The highest BCUT2D eigenvalue weighted by Gasteiger charge is 2.68. The molecule has 3 saturated heterocycles. The number of carbonyl (C=O) groups is 1. The number of amides is 1. The SMILES string of the molecule is CC12C[C@@]3(C)C[C@@](C)(C1)C[N+]([O-])(C3)C2=O. The number of nitrogens with zero attached hydrogens (tertiary/aromatic N) is 1. The minimum atomic E-state index is -0.538. The Bertz CT molecular complexity index is 317. The van der Waals surface area contributed by atoms with Crippen molar-refractivity contribution < 1.29 is 9.44 Å². The monoisotopic (exact) mass is 209 g/mol. The van der Waals surface area contributed by atoms with E-state index in [1.165, 1.54) is 0 Å². The van der Waals surface area contributed by atoms with Crippen molar-refractivity contribution in [3.8, 4) is 0 Å². The first-order chi connectivity index (χ1) is 6.69. The molecule has 1 aliphatic carbocycles. The molecule has 1 saturated carbocycles. The van der Waals surface area contributed by atoms with Crippen molar-refractivity contribution >= 4 is 5.91 Å². The van der Waals surface area contributed by atoms with E-state index in [-0.39, 0.29) is 22.2 Å². The molecule has 3 heterocycles. The molecule has 4 atom stereocenters. The Labute approximate surface area is 90.6 Å². The van der Waals surface area contributed by atoms with Crippen LogP contribution in [-0.2, 0) is 4.79 Å². The first kappa shape index (κ1) is 9.79. The zero-order valence-electron chi connectivity index (χ0n) is 9.80. The summed E-state index contributed by atoms with van der Waals surface area (Å²) >= 11 is 0. The third-order valence-electron chi connectivity index (χ3n) is 4.65. The Kier molecular flexibility index (Phi) is 1.41. The average molecular weight is 209 g/mol. The molecule has 2 unspecified atom stereocenters. The third kappa shape index (κ3) is 1.06. The minimum absolute atomic E-state index is 0.0443. The molecule has 4 rings (SSSR count). The number of quaternary nitrogens is 1. The lowest BCUT2D eigenvalue weighted by molar-refractivity contribution is -0.845. The van der Waals surface area contributed by atoms with Crippen LogP contribution in [-0.4, -0.2) is 23.6 Å². The summed E-state index contributed by atoms with van der Waals surface area (Å²) in [6.07, 6.45) is 2.98. The lowest BCUT2D eigenvalue weighted by Crippen LogP contribution is -2.75. The molecule has 15 heavy (non-hydrogen) atoms. The molecule has 0 aromatic heterocycles. The maximum absolute atomic E-state index is 12.5. The van der Waals surface area contributed by atoms with Crippen molar-refractivity contribution in [3.05, 3.63) is 5.21 Å². The van der Waals surface area contributed by atoms with Crippen LogP contribution in [0.25, 0.3) is 0 Å². The summed E-state index contributed by atoms with van der Waals surface area (Å²) in [5.41, 5.74) is -0.120. The van der Waals surface area contributed by atoms with Crippen molar-refractivity contribution in [2.45, 2.75) is 40.0 Å². The highest BCUT2D eigenvalue weighted by atomic mass is 16.6. The summed E-state index contributed by atoms with van der Waals surface area (Å²) in [5, 5.41) is 12.5. The van der Waals surface area contributed by atoms with Crippen LogP contribution in [0, 0.1) is 21.5 Å².